The molecule has 1 unspecified atom stereocenters. The molecule has 26 heavy (non-hydrogen) atoms. The topological polar surface area (TPSA) is 85.6 Å². The number of aromatic nitrogens is 2. The fourth-order valence-electron chi connectivity index (χ4n) is 2.69. The van der Waals surface area contributed by atoms with Crippen molar-refractivity contribution in [3.63, 3.8) is 0 Å². The summed E-state index contributed by atoms with van der Waals surface area (Å²) in [5.74, 6) is 0.300. The maximum atomic E-state index is 12.4. The Morgan fingerprint density at radius 1 is 1.42 bits per heavy atom. The predicted molar refractivity (Wildman–Crippen MR) is 98.1 cm³/mol. The van der Waals surface area contributed by atoms with E-state index in [1.807, 2.05) is 12.1 Å². The van der Waals surface area contributed by atoms with Gasteiger partial charge in [0.2, 0.25) is 11.7 Å². The maximum absolute atomic E-state index is 12.4. The van der Waals surface area contributed by atoms with Crippen LogP contribution in [0.15, 0.2) is 35.5 Å². The number of benzene rings is 1. The summed E-state index contributed by atoms with van der Waals surface area (Å²) >= 11 is 5.88. The Kier molecular flexibility index (Phi) is 5.68. The van der Waals surface area contributed by atoms with Crippen LogP contribution >= 0.6 is 11.6 Å². The molecule has 1 atom stereocenters. The average molecular weight is 375 g/mol. The number of ether oxygens (including phenoxy) is 1. The third-order valence-corrected chi connectivity index (χ3v) is 4.22. The molecule has 1 aliphatic rings. The van der Waals surface area contributed by atoms with E-state index in [4.69, 9.17) is 16.3 Å². The first-order valence-corrected chi connectivity index (χ1v) is 8.67. The fourth-order valence-corrected chi connectivity index (χ4v) is 2.87. The van der Waals surface area contributed by atoms with Crippen molar-refractivity contribution in [3.05, 3.63) is 46.7 Å². The lowest BCUT2D eigenvalue weighted by molar-refractivity contribution is -0.121. The van der Waals surface area contributed by atoms with Crippen molar-refractivity contribution in [1.29, 1.82) is 0 Å². The number of rotatable bonds is 7. The Morgan fingerprint density at radius 2 is 2.27 bits per heavy atom. The van der Waals surface area contributed by atoms with Crippen LogP contribution in [0.2, 0.25) is 5.02 Å². The van der Waals surface area contributed by atoms with Gasteiger partial charge in [-0.15, -0.1) is 0 Å². The summed E-state index contributed by atoms with van der Waals surface area (Å²) in [4.78, 5) is 28.6. The number of nitrogens with one attached hydrogen (secondary N) is 1. The van der Waals surface area contributed by atoms with E-state index in [9.17, 15) is 9.59 Å². The number of hydrogen-bond donors (Lipinski definition) is 1. The molecule has 0 saturated carbocycles. The van der Waals surface area contributed by atoms with E-state index in [1.54, 1.807) is 31.6 Å². The third kappa shape index (κ3) is 4.29. The van der Waals surface area contributed by atoms with Gasteiger partial charge in [0.15, 0.2) is 0 Å². The van der Waals surface area contributed by atoms with Gasteiger partial charge >= 0.3 is 0 Å². The molecule has 1 aliphatic heterocycles. The van der Waals surface area contributed by atoms with Crippen LogP contribution < -0.4 is 10.1 Å². The van der Waals surface area contributed by atoms with Crippen LogP contribution in [0.3, 0.4) is 0 Å². The number of aliphatic imine (C=N–C) groups is 1. The minimum atomic E-state index is -0.694. The Bertz CT molecular complexity index is 847. The zero-order chi connectivity index (χ0) is 18.5. The quantitative estimate of drug-likeness (QED) is 0.751. The molecule has 8 heteroatoms. The van der Waals surface area contributed by atoms with Crippen molar-refractivity contribution in [3.8, 4) is 5.75 Å². The maximum Gasteiger partial charge on any atom is 0.222 e. The van der Waals surface area contributed by atoms with E-state index in [2.05, 4.69) is 15.4 Å². The van der Waals surface area contributed by atoms with Crippen LogP contribution in [0.1, 0.15) is 28.9 Å². The number of carbonyl (C=O) groups is 2. The zero-order valence-electron chi connectivity index (χ0n) is 14.3. The molecule has 1 aromatic heterocycles. The molecule has 0 radical (unpaired) electrons. The fraction of sp³-hybridized carbons (Fsp3) is 0.333. The number of Topliss-reactive ketones (excluding diaryl/α,β-unsaturated/α-hetero) is 1. The standard InChI is InChI=1S/C18H19ClN4O3/c1-23-17-12(11-22-23)10-21-15(18(17)25)9-16(24)20-6-3-7-26-14-5-2-4-13(19)8-14/h2,4-5,8,10-11,15H,3,6-7,9H2,1H3,(H,20,24). The van der Waals surface area contributed by atoms with E-state index < -0.39 is 6.04 Å². The number of halogens is 1. The van der Waals surface area contributed by atoms with Gasteiger partial charge in [0, 0.05) is 30.4 Å². The SMILES string of the molecule is Cn1ncc2c1C(=O)C(CC(=O)NCCCOc1cccc(Cl)c1)N=C2. The minimum absolute atomic E-state index is 0.0229. The Labute approximate surface area is 156 Å². The first-order valence-electron chi connectivity index (χ1n) is 8.29. The van der Waals surface area contributed by atoms with Gasteiger partial charge < -0.3 is 10.1 Å². The molecule has 1 N–H and O–H groups in total. The van der Waals surface area contributed by atoms with E-state index in [-0.39, 0.29) is 18.1 Å². The van der Waals surface area contributed by atoms with Crippen molar-refractivity contribution in [2.75, 3.05) is 13.2 Å². The highest BCUT2D eigenvalue weighted by molar-refractivity contribution is 6.30. The summed E-state index contributed by atoms with van der Waals surface area (Å²) in [7, 11) is 1.70. The van der Waals surface area contributed by atoms with Gasteiger partial charge in [0.05, 0.1) is 19.2 Å². The second-order valence-corrected chi connectivity index (χ2v) is 6.38. The van der Waals surface area contributed by atoms with Crippen molar-refractivity contribution in [2.45, 2.75) is 18.9 Å². The highest BCUT2D eigenvalue weighted by Gasteiger charge is 2.29. The second kappa shape index (κ2) is 8.14. The van der Waals surface area contributed by atoms with Crippen LogP contribution in [0.5, 0.6) is 5.75 Å². The summed E-state index contributed by atoms with van der Waals surface area (Å²) in [6.45, 7) is 0.917. The lowest BCUT2D eigenvalue weighted by atomic mass is 10.0. The molecule has 2 aromatic rings. The number of nitrogens with zero attached hydrogens (tertiary/aromatic N) is 3. The number of ketones is 1. The Morgan fingerprint density at radius 3 is 3.08 bits per heavy atom. The minimum Gasteiger partial charge on any atom is -0.493 e. The summed E-state index contributed by atoms with van der Waals surface area (Å²) in [6.07, 6.45) is 3.86. The van der Waals surface area contributed by atoms with Crippen LogP contribution in [0.4, 0.5) is 0 Å². The van der Waals surface area contributed by atoms with Crippen molar-refractivity contribution in [2.24, 2.45) is 12.0 Å². The largest absolute Gasteiger partial charge is 0.493 e. The second-order valence-electron chi connectivity index (χ2n) is 5.94. The van der Waals surface area contributed by atoms with Gasteiger partial charge in [-0.25, -0.2) is 0 Å². The summed E-state index contributed by atoms with van der Waals surface area (Å²) in [5.41, 5.74) is 1.18. The number of fused-ring (bicyclic) bond motifs is 1. The molecule has 3 rings (SSSR count). The molecule has 2 heterocycles. The van der Waals surface area contributed by atoms with E-state index in [0.717, 1.165) is 0 Å². The first-order chi connectivity index (χ1) is 12.5. The Hall–Kier alpha value is -2.67. The highest BCUT2D eigenvalue weighted by atomic mass is 35.5. The van der Waals surface area contributed by atoms with Crippen molar-refractivity contribution >= 4 is 29.5 Å². The van der Waals surface area contributed by atoms with E-state index in [0.29, 0.717) is 41.6 Å². The van der Waals surface area contributed by atoms with Crippen molar-refractivity contribution < 1.29 is 14.3 Å². The lowest BCUT2D eigenvalue weighted by Crippen LogP contribution is -2.34. The normalized spacial score (nSPS) is 15.6. The molecule has 0 saturated heterocycles. The van der Waals surface area contributed by atoms with Gasteiger partial charge in [-0.05, 0) is 24.6 Å². The summed E-state index contributed by atoms with van der Waals surface area (Å²) in [6, 6.07) is 6.46. The third-order valence-electron chi connectivity index (χ3n) is 3.98. The van der Waals surface area contributed by atoms with Gasteiger partial charge in [-0.2, -0.15) is 5.10 Å². The number of hydrogen-bond acceptors (Lipinski definition) is 5. The molecule has 0 spiro atoms. The van der Waals surface area contributed by atoms with Gasteiger partial charge in [0.1, 0.15) is 17.5 Å². The average Bonchev–Trinajstić information content (AvgIpc) is 2.99. The molecular weight excluding hydrogens is 356 g/mol. The molecule has 7 nitrogen and oxygen atoms in total. The zero-order valence-corrected chi connectivity index (χ0v) is 15.1. The highest BCUT2D eigenvalue weighted by Crippen LogP contribution is 2.18. The number of amides is 1. The summed E-state index contributed by atoms with van der Waals surface area (Å²) < 4.78 is 7.07. The molecule has 0 fully saturated rings. The van der Waals surface area contributed by atoms with Gasteiger partial charge in [-0.3, -0.25) is 19.3 Å². The molecule has 136 valence electrons. The summed E-state index contributed by atoms with van der Waals surface area (Å²) in [5, 5.41) is 7.45. The molecule has 1 amide bonds. The molecular formula is C18H19ClN4O3. The molecule has 0 bridgehead atoms. The van der Waals surface area contributed by atoms with Gasteiger partial charge in [-0.1, -0.05) is 17.7 Å². The molecule has 1 aromatic carbocycles. The van der Waals surface area contributed by atoms with Crippen LogP contribution in [0.25, 0.3) is 0 Å². The Balaban J connectivity index is 1.39. The van der Waals surface area contributed by atoms with Crippen molar-refractivity contribution in [1.82, 2.24) is 15.1 Å². The molecule has 0 aliphatic carbocycles. The number of carbonyl (C=O) groups excluding carboxylic acids is 2. The van der Waals surface area contributed by atoms with Gasteiger partial charge in [0.25, 0.3) is 0 Å². The van der Waals surface area contributed by atoms with Crippen LogP contribution in [-0.2, 0) is 11.8 Å². The first kappa shape index (κ1) is 18.1. The van der Waals surface area contributed by atoms with Crippen LogP contribution in [0, 0.1) is 0 Å². The predicted octanol–water partition coefficient (Wildman–Crippen LogP) is 2.03. The van der Waals surface area contributed by atoms with Crippen LogP contribution in [-0.4, -0.2) is 46.9 Å². The van der Waals surface area contributed by atoms with E-state index in [1.165, 1.54) is 4.68 Å². The smallest absolute Gasteiger partial charge is 0.222 e. The lowest BCUT2D eigenvalue weighted by Gasteiger charge is -2.15. The van der Waals surface area contributed by atoms with E-state index >= 15 is 0 Å². The monoisotopic (exact) mass is 374 g/mol. The number of aryl methyl sites for hydroxylation is 1.